The number of nitrogens with one attached hydrogen (secondary N) is 1. The van der Waals surface area contributed by atoms with Gasteiger partial charge in [0.1, 0.15) is 0 Å². The predicted octanol–water partition coefficient (Wildman–Crippen LogP) is 6.28. The van der Waals surface area contributed by atoms with Gasteiger partial charge in [-0.05, 0) is 47.2 Å². The first-order chi connectivity index (χ1) is 13.8. The molecular weight excluding hydrogens is 342 g/mol. The molecule has 2 heteroatoms. The molecule has 0 atom stereocenters. The number of aromatic amines is 1. The van der Waals surface area contributed by atoms with Gasteiger partial charge in [-0.2, -0.15) is 0 Å². The van der Waals surface area contributed by atoms with Crippen LogP contribution >= 0.6 is 0 Å². The summed E-state index contributed by atoms with van der Waals surface area (Å²) in [5, 5.41) is 1.06. The van der Waals surface area contributed by atoms with Crippen LogP contribution in [0.4, 0.5) is 0 Å². The van der Waals surface area contributed by atoms with E-state index in [2.05, 4.69) is 77.8 Å². The van der Waals surface area contributed by atoms with Crippen molar-refractivity contribution in [3.8, 4) is 0 Å². The number of Topliss-reactive ketones (excluding diaryl/α,β-unsaturated/α-hetero) is 1. The minimum absolute atomic E-state index is 0.257. The molecule has 1 aromatic heterocycles. The number of aromatic nitrogens is 1. The Labute approximate surface area is 164 Å². The molecule has 3 aromatic carbocycles. The minimum atomic E-state index is 0.257. The molecular formula is C26H21NO. The fourth-order valence-corrected chi connectivity index (χ4v) is 4.22. The topological polar surface area (TPSA) is 32.9 Å². The van der Waals surface area contributed by atoms with E-state index in [1.54, 1.807) is 0 Å². The van der Waals surface area contributed by atoms with Gasteiger partial charge in [-0.1, -0.05) is 72.8 Å². The molecule has 0 radical (unpaired) electrons. The zero-order valence-corrected chi connectivity index (χ0v) is 15.6. The summed E-state index contributed by atoms with van der Waals surface area (Å²) < 4.78 is 0. The molecule has 0 aliphatic heterocycles. The Morgan fingerprint density at radius 3 is 2.36 bits per heavy atom. The lowest BCUT2D eigenvalue weighted by molar-refractivity contribution is 0.0974. The van der Waals surface area contributed by atoms with Crippen LogP contribution in [-0.4, -0.2) is 10.8 Å². The van der Waals surface area contributed by atoms with Gasteiger partial charge in [0.05, 0.1) is 0 Å². The number of fused-ring (bicyclic) bond motifs is 3. The highest BCUT2D eigenvalue weighted by molar-refractivity contribution is 6.15. The van der Waals surface area contributed by atoms with Gasteiger partial charge in [0.2, 0.25) is 0 Å². The van der Waals surface area contributed by atoms with Gasteiger partial charge in [-0.15, -0.1) is 0 Å². The van der Waals surface area contributed by atoms with Crippen molar-refractivity contribution in [3.05, 3.63) is 107 Å². The Bertz CT molecular complexity index is 1180. The first-order valence-corrected chi connectivity index (χ1v) is 9.80. The second-order valence-electron chi connectivity index (χ2n) is 7.32. The van der Waals surface area contributed by atoms with Crippen molar-refractivity contribution in [1.29, 1.82) is 0 Å². The molecule has 1 N–H and O–H groups in total. The smallest absolute Gasteiger partial charge is 0.165 e. The molecule has 1 aliphatic rings. The monoisotopic (exact) mass is 363 g/mol. The largest absolute Gasteiger partial charge is 0.358 e. The fourth-order valence-electron chi connectivity index (χ4n) is 4.22. The SMILES string of the molecule is O=C1CCCc2[nH]c3cccc(/C(=C/c4ccccc4)c4ccccc4)c3c21. The number of hydrogen-bond donors (Lipinski definition) is 1. The zero-order valence-electron chi connectivity index (χ0n) is 15.6. The third-order valence-electron chi connectivity index (χ3n) is 5.50. The number of ketones is 1. The summed E-state index contributed by atoms with van der Waals surface area (Å²) in [6.07, 6.45) is 4.73. The Morgan fingerprint density at radius 1 is 0.821 bits per heavy atom. The number of benzene rings is 3. The summed E-state index contributed by atoms with van der Waals surface area (Å²) in [5.41, 5.74) is 7.58. The van der Waals surface area contributed by atoms with E-state index in [4.69, 9.17) is 0 Å². The number of carbonyl (C=O) groups excluding carboxylic acids is 1. The van der Waals surface area contributed by atoms with E-state index in [0.29, 0.717) is 6.42 Å². The molecule has 0 unspecified atom stereocenters. The lowest BCUT2D eigenvalue weighted by Gasteiger charge is -2.14. The lowest BCUT2D eigenvalue weighted by Crippen LogP contribution is -2.09. The third kappa shape index (κ3) is 2.87. The van der Waals surface area contributed by atoms with Crippen LogP contribution in [-0.2, 0) is 6.42 Å². The maximum Gasteiger partial charge on any atom is 0.165 e. The Balaban J connectivity index is 1.81. The van der Waals surface area contributed by atoms with Crippen molar-refractivity contribution in [2.45, 2.75) is 19.3 Å². The number of rotatable bonds is 3. The van der Waals surface area contributed by atoms with Gasteiger partial charge in [-0.3, -0.25) is 4.79 Å². The molecule has 28 heavy (non-hydrogen) atoms. The number of carbonyl (C=O) groups is 1. The van der Waals surface area contributed by atoms with E-state index >= 15 is 0 Å². The van der Waals surface area contributed by atoms with E-state index in [1.165, 1.54) is 0 Å². The molecule has 0 fully saturated rings. The van der Waals surface area contributed by atoms with Crippen molar-refractivity contribution in [3.63, 3.8) is 0 Å². The summed E-state index contributed by atoms with van der Waals surface area (Å²) in [7, 11) is 0. The van der Waals surface area contributed by atoms with E-state index in [-0.39, 0.29) is 5.78 Å². The van der Waals surface area contributed by atoms with Crippen molar-refractivity contribution in [2.75, 3.05) is 0 Å². The van der Waals surface area contributed by atoms with Gasteiger partial charge in [0.25, 0.3) is 0 Å². The Morgan fingerprint density at radius 2 is 1.57 bits per heavy atom. The van der Waals surface area contributed by atoms with Crippen LogP contribution in [0.25, 0.3) is 22.6 Å². The molecule has 0 bridgehead atoms. The molecule has 2 nitrogen and oxygen atoms in total. The average molecular weight is 363 g/mol. The Hall–Kier alpha value is -3.39. The maximum absolute atomic E-state index is 12.8. The number of hydrogen-bond acceptors (Lipinski definition) is 1. The summed E-state index contributed by atoms with van der Waals surface area (Å²) in [6.45, 7) is 0. The third-order valence-corrected chi connectivity index (χ3v) is 5.50. The van der Waals surface area contributed by atoms with Crippen molar-refractivity contribution in [2.24, 2.45) is 0 Å². The summed E-state index contributed by atoms with van der Waals surface area (Å²) in [4.78, 5) is 16.3. The molecule has 136 valence electrons. The highest BCUT2D eigenvalue weighted by Gasteiger charge is 2.25. The van der Waals surface area contributed by atoms with Crippen LogP contribution in [0.2, 0.25) is 0 Å². The van der Waals surface area contributed by atoms with Crippen molar-refractivity contribution >= 4 is 28.3 Å². The van der Waals surface area contributed by atoms with Gasteiger partial charge in [0, 0.05) is 28.6 Å². The van der Waals surface area contributed by atoms with Crippen molar-refractivity contribution < 1.29 is 4.79 Å². The second-order valence-corrected chi connectivity index (χ2v) is 7.32. The molecule has 4 aromatic rings. The first kappa shape index (κ1) is 16.8. The van der Waals surface area contributed by atoms with Gasteiger partial charge < -0.3 is 4.98 Å². The summed E-state index contributed by atoms with van der Waals surface area (Å²) >= 11 is 0. The average Bonchev–Trinajstić information content (AvgIpc) is 3.13. The predicted molar refractivity (Wildman–Crippen MR) is 115 cm³/mol. The van der Waals surface area contributed by atoms with Crippen molar-refractivity contribution in [1.82, 2.24) is 4.98 Å². The number of aryl methyl sites for hydroxylation is 1. The van der Waals surface area contributed by atoms with Gasteiger partial charge in [-0.25, -0.2) is 0 Å². The normalized spacial score (nSPS) is 14.3. The fraction of sp³-hybridized carbons (Fsp3) is 0.115. The molecule has 0 saturated heterocycles. The standard InChI is InChI=1S/C26H21NO/c28-24-16-8-15-23-26(24)25-20(13-7-14-22(25)27-23)21(19-11-5-2-6-12-19)17-18-9-3-1-4-10-18/h1-7,9-14,17,27H,8,15-16H2/b21-17+. The molecule has 0 amide bonds. The Kier molecular flexibility index (Phi) is 4.17. The minimum Gasteiger partial charge on any atom is -0.358 e. The maximum atomic E-state index is 12.8. The molecule has 0 spiro atoms. The van der Waals surface area contributed by atoms with Crippen LogP contribution in [0.1, 0.15) is 45.6 Å². The van der Waals surface area contributed by atoms with Crippen LogP contribution in [0.15, 0.2) is 78.9 Å². The van der Waals surface area contributed by atoms with E-state index < -0.39 is 0 Å². The zero-order chi connectivity index (χ0) is 18.9. The van der Waals surface area contributed by atoms with Gasteiger partial charge in [0.15, 0.2) is 5.78 Å². The molecule has 5 rings (SSSR count). The quantitative estimate of drug-likeness (QED) is 0.427. The highest BCUT2D eigenvalue weighted by Crippen LogP contribution is 2.37. The first-order valence-electron chi connectivity index (χ1n) is 9.80. The van der Waals surface area contributed by atoms with Crippen LogP contribution in [0.5, 0.6) is 0 Å². The van der Waals surface area contributed by atoms with Crippen LogP contribution in [0.3, 0.4) is 0 Å². The number of H-pyrrole nitrogens is 1. The molecule has 1 heterocycles. The van der Waals surface area contributed by atoms with Crippen LogP contribution in [0, 0.1) is 0 Å². The molecule has 0 saturated carbocycles. The van der Waals surface area contributed by atoms with E-state index in [0.717, 1.165) is 57.3 Å². The second kappa shape index (κ2) is 6.97. The van der Waals surface area contributed by atoms with Crippen LogP contribution < -0.4 is 0 Å². The van der Waals surface area contributed by atoms with E-state index in [1.807, 2.05) is 12.1 Å². The highest BCUT2D eigenvalue weighted by atomic mass is 16.1. The summed E-state index contributed by atoms with van der Waals surface area (Å²) in [5.74, 6) is 0.257. The van der Waals surface area contributed by atoms with Gasteiger partial charge >= 0.3 is 0 Å². The molecule has 1 aliphatic carbocycles. The summed E-state index contributed by atoms with van der Waals surface area (Å²) in [6, 6.07) is 27.1. The lowest BCUT2D eigenvalue weighted by atomic mass is 9.88. The van der Waals surface area contributed by atoms with E-state index in [9.17, 15) is 4.79 Å².